The number of carbonyl (C=O) groups excluding carboxylic acids is 1. The van der Waals surface area contributed by atoms with E-state index in [2.05, 4.69) is 12.0 Å². The van der Waals surface area contributed by atoms with Crippen LogP contribution in [0.2, 0.25) is 10.0 Å². The lowest BCUT2D eigenvalue weighted by Gasteiger charge is -2.15. The topological polar surface area (TPSA) is 44.1 Å². The van der Waals surface area contributed by atoms with Crippen molar-refractivity contribution in [3.63, 3.8) is 0 Å². The van der Waals surface area contributed by atoms with E-state index in [4.69, 9.17) is 27.9 Å². The van der Waals surface area contributed by atoms with E-state index in [1.165, 1.54) is 23.9 Å². The largest absolute Gasteiger partial charge is 0.479 e. The van der Waals surface area contributed by atoms with Crippen LogP contribution in [-0.4, -0.2) is 21.8 Å². The highest BCUT2D eigenvalue weighted by atomic mass is 35.5. The van der Waals surface area contributed by atoms with E-state index in [9.17, 15) is 4.79 Å². The van der Waals surface area contributed by atoms with Gasteiger partial charge in [0.25, 0.3) is 5.91 Å². The molecule has 1 atom stereocenters. The summed E-state index contributed by atoms with van der Waals surface area (Å²) in [4.78, 5) is 12.8. The fourth-order valence-corrected chi connectivity index (χ4v) is 3.42. The Balaban J connectivity index is 2.10. The zero-order valence-corrected chi connectivity index (χ0v) is 17.3. The molecular formula is C20H26Cl2N2O2. The van der Waals surface area contributed by atoms with E-state index in [0.29, 0.717) is 15.8 Å². The SMILES string of the molecule is CCCCCCc1c(C)nn(C(=O)C(C)Oc2ccc(Cl)cc2Cl)c1C. The molecule has 1 aromatic heterocycles. The third-order valence-corrected chi connectivity index (χ3v) is 5.01. The average molecular weight is 397 g/mol. The van der Waals surface area contributed by atoms with Gasteiger partial charge in [-0.05, 0) is 57.4 Å². The molecule has 0 spiro atoms. The summed E-state index contributed by atoms with van der Waals surface area (Å²) >= 11 is 12.0. The van der Waals surface area contributed by atoms with Gasteiger partial charge in [-0.3, -0.25) is 4.79 Å². The summed E-state index contributed by atoms with van der Waals surface area (Å²) in [6, 6.07) is 4.93. The second-order valence-corrected chi connectivity index (χ2v) is 7.39. The molecule has 26 heavy (non-hydrogen) atoms. The summed E-state index contributed by atoms with van der Waals surface area (Å²) < 4.78 is 7.19. The molecule has 0 fully saturated rings. The Bertz CT molecular complexity index is 771. The van der Waals surface area contributed by atoms with Crippen molar-refractivity contribution < 1.29 is 9.53 Å². The number of unbranched alkanes of at least 4 members (excludes halogenated alkanes) is 3. The minimum absolute atomic E-state index is 0.212. The van der Waals surface area contributed by atoms with Crippen molar-refractivity contribution in [2.75, 3.05) is 0 Å². The Labute approximate surface area is 165 Å². The molecule has 0 aliphatic rings. The first-order valence-electron chi connectivity index (χ1n) is 9.06. The molecular weight excluding hydrogens is 371 g/mol. The number of ether oxygens (including phenoxy) is 1. The molecule has 2 aromatic rings. The lowest BCUT2D eigenvalue weighted by molar-refractivity contribution is 0.0707. The summed E-state index contributed by atoms with van der Waals surface area (Å²) in [5.74, 6) is 0.217. The maximum absolute atomic E-state index is 12.8. The maximum atomic E-state index is 12.8. The predicted octanol–water partition coefficient (Wildman–Crippen LogP) is 6.04. The standard InChI is InChI=1S/C20H26Cl2N2O2/c1-5-6-7-8-9-17-13(2)23-24(14(17)3)20(25)15(4)26-19-11-10-16(21)12-18(19)22/h10-12,15H,5-9H2,1-4H3. The van der Waals surface area contributed by atoms with E-state index in [1.54, 1.807) is 25.1 Å². The van der Waals surface area contributed by atoms with Crippen LogP contribution in [0.15, 0.2) is 18.2 Å². The number of benzene rings is 1. The Kier molecular flexibility index (Phi) is 7.54. The van der Waals surface area contributed by atoms with Crippen molar-refractivity contribution in [2.24, 2.45) is 0 Å². The van der Waals surface area contributed by atoms with Gasteiger partial charge in [-0.1, -0.05) is 49.4 Å². The molecule has 2 rings (SSSR count). The van der Waals surface area contributed by atoms with Crippen molar-refractivity contribution in [3.8, 4) is 5.75 Å². The van der Waals surface area contributed by atoms with Gasteiger partial charge in [-0.2, -0.15) is 5.10 Å². The number of nitrogens with zero attached hydrogens (tertiary/aromatic N) is 2. The third kappa shape index (κ3) is 5.01. The van der Waals surface area contributed by atoms with Crippen molar-refractivity contribution in [2.45, 2.75) is 65.9 Å². The van der Waals surface area contributed by atoms with Crippen LogP contribution < -0.4 is 4.74 Å². The van der Waals surface area contributed by atoms with Gasteiger partial charge in [-0.15, -0.1) is 0 Å². The zero-order valence-electron chi connectivity index (χ0n) is 15.8. The van der Waals surface area contributed by atoms with Crippen molar-refractivity contribution in [1.82, 2.24) is 9.78 Å². The molecule has 0 saturated heterocycles. The van der Waals surface area contributed by atoms with Crippen LogP contribution in [0, 0.1) is 13.8 Å². The molecule has 0 aliphatic heterocycles. The Morgan fingerprint density at radius 3 is 2.62 bits per heavy atom. The Morgan fingerprint density at radius 1 is 1.23 bits per heavy atom. The van der Waals surface area contributed by atoms with Crippen LogP contribution in [0.3, 0.4) is 0 Å². The van der Waals surface area contributed by atoms with Crippen LogP contribution in [0.1, 0.15) is 61.3 Å². The summed E-state index contributed by atoms with van der Waals surface area (Å²) in [5.41, 5.74) is 2.96. The van der Waals surface area contributed by atoms with Crippen molar-refractivity contribution in [1.29, 1.82) is 0 Å². The zero-order chi connectivity index (χ0) is 19.3. The molecule has 1 heterocycles. The quantitative estimate of drug-likeness (QED) is 0.510. The molecule has 6 heteroatoms. The monoisotopic (exact) mass is 396 g/mol. The molecule has 0 bridgehead atoms. The van der Waals surface area contributed by atoms with Crippen molar-refractivity contribution in [3.05, 3.63) is 45.2 Å². The molecule has 1 aromatic carbocycles. The number of hydrogen-bond acceptors (Lipinski definition) is 3. The van der Waals surface area contributed by atoms with E-state index >= 15 is 0 Å². The van der Waals surface area contributed by atoms with Gasteiger partial charge in [0.15, 0.2) is 6.10 Å². The van der Waals surface area contributed by atoms with Crippen LogP contribution >= 0.6 is 23.2 Å². The Morgan fingerprint density at radius 2 is 1.96 bits per heavy atom. The van der Waals surface area contributed by atoms with E-state index < -0.39 is 6.10 Å². The van der Waals surface area contributed by atoms with Crippen LogP contribution in [0.5, 0.6) is 5.75 Å². The van der Waals surface area contributed by atoms with Gasteiger partial charge in [0, 0.05) is 10.7 Å². The summed E-state index contributed by atoms with van der Waals surface area (Å²) in [7, 11) is 0. The lowest BCUT2D eigenvalue weighted by atomic mass is 10.0. The molecule has 4 nitrogen and oxygen atoms in total. The molecule has 0 N–H and O–H groups in total. The summed E-state index contributed by atoms with van der Waals surface area (Å²) in [5, 5.41) is 5.34. The molecule has 0 amide bonds. The highest BCUT2D eigenvalue weighted by Crippen LogP contribution is 2.28. The number of hydrogen-bond donors (Lipinski definition) is 0. The van der Waals surface area contributed by atoms with E-state index in [-0.39, 0.29) is 5.91 Å². The molecule has 0 saturated carbocycles. The smallest absolute Gasteiger partial charge is 0.287 e. The fourth-order valence-electron chi connectivity index (χ4n) is 2.96. The van der Waals surface area contributed by atoms with Crippen LogP contribution in [0.25, 0.3) is 0 Å². The first-order valence-corrected chi connectivity index (χ1v) is 9.81. The van der Waals surface area contributed by atoms with Gasteiger partial charge >= 0.3 is 0 Å². The summed E-state index contributed by atoms with van der Waals surface area (Å²) in [6.07, 6.45) is 4.99. The first-order chi connectivity index (χ1) is 12.3. The number of carbonyl (C=O) groups is 1. The molecule has 0 radical (unpaired) electrons. The number of halogens is 2. The lowest BCUT2D eigenvalue weighted by Crippen LogP contribution is -2.31. The van der Waals surface area contributed by atoms with Crippen LogP contribution in [-0.2, 0) is 6.42 Å². The van der Waals surface area contributed by atoms with Gasteiger partial charge in [0.05, 0.1) is 10.7 Å². The first kappa shape index (κ1) is 20.8. The number of aryl methyl sites for hydroxylation is 1. The predicted molar refractivity (Wildman–Crippen MR) is 107 cm³/mol. The fraction of sp³-hybridized carbons (Fsp3) is 0.500. The normalized spacial score (nSPS) is 12.2. The van der Waals surface area contributed by atoms with Crippen molar-refractivity contribution >= 4 is 29.1 Å². The number of rotatable bonds is 8. The van der Waals surface area contributed by atoms with Gasteiger partial charge < -0.3 is 4.74 Å². The molecule has 0 aliphatic carbocycles. The highest BCUT2D eigenvalue weighted by molar-refractivity contribution is 6.35. The van der Waals surface area contributed by atoms with E-state index in [0.717, 1.165) is 29.8 Å². The minimum atomic E-state index is -0.709. The minimum Gasteiger partial charge on any atom is -0.479 e. The van der Waals surface area contributed by atoms with Crippen LogP contribution in [0.4, 0.5) is 0 Å². The average Bonchev–Trinajstić information content (AvgIpc) is 2.88. The molecule has 1 unspecified atom stereocenters. The maximum Gasteiger partial charge on any atom is 0.287 e. The number of aromatic nitrogens is 2. The van der Waals surface area contributed by atoms with E-state index in [1.807, 2.05) is 13.8 Å². The third-order valence-electron chi connectivity index (χ3n) is 4.48. The van der Waals surface area contributed by atoms with Gasteiger partial charge in [0.2, 0.25) is 0 Å². The Hall–Kier alpha value is -1.52. The summed E-state index contributed by atoms with van der Waals surface area (Å²) in [6.45, 7) is 7.79. The molecule has 142 valence electrons. The van der Waals surface area contributed by atoms with Gasteiger partial charge in [-0.25, -0.2) is 4.68 Å². The highest BCUT2D eigenvalue weighted by Gasteiger charge is 2.23. The second kappa shape index (κ2) is 9.43. The van der Waals surface area contributed by atoms with Gasteiger partial charge in [0.1, 0.15) is 5.75 Å². The second-order valence-electron chi connectivity index (χ2n) is 6.54.